The Labute approximate surface area is 212 Å². The highest BCUT2D eigenvalue weighted by Gasteiger charge is 2.15. The number of hydrogen-bond acceptors (Lipinski definition) is 4. The second-order valence-corrected chi connectivity index (χ2v) is 8.68. The molecule has 0 bridgehead atoms. The third kappa shape index (κ3) is 6.50. The van der Waals surface area contributed by atoms with Crippen molar-refractivity contribution in [1.29, 1.82) is 5.26 Å². The van der Waals surface area contributed by atoms with E-state index in [1.165, 1.54) is 6.08 Å². The molecule has 168 valence electrons. The van der Waals surface area contributed by atoms with E-state index in [0.29, 0.717) is 34.4 Å². The molecule has 5 nitrogen and oxygen atoms in total. The molecule has 0 saturated carbocycles. The van der Waals surface area contributed by atoms with E-state index in [2.05, 4.69) is 27.9 Å². The Morgan fingerprint density at radius 2 is 1.91 bits per heavy atom. The Hall–Kier alpha value is -3.02. The molecule has 3 aromatic carbocycles. The molecule has 0 aromatic heterocycles. The highest BCUT2D eigenvalue weighted by molar-refractivity contribution is 14.1. The van der Waals surface area contributed by atoms with Crippen LogP contribution in [0.1, 0.15) is 23.6 Å². The van der Waals surface area contributed by atoms with Crippen molar-refractivity contribution >= 4 is 51.9 Å². The summed E-state index contributed by atoms with van der Waals surface area (Å²) in [6.07, 6.45) is 2.31. The summed E-state index contributed by atoms with van der Waals surface area (Å²) in [5.74, 6) is 0.636. The van der Waals surface area contributed by atoms with Gasteiger partial charge >= 0.3 is 0 Å². The number of nitrogens with one attached hydrogen (secondary N) is 1. The molecule has 0 aliphatic carbocycles. The van der Waals surface area contributed by atoms with Crippen LogP contribution in [0, 0.1) is 14.9 Å². The largest absolute Gasteiger partial charge is 0.493 e. The minimum Gasteiger partial charge on any atom is -0.493 e. The molecule has 0 heterocycles. The lowest BCUT2D eigenvalue weighted by molar-refractivity contribution is -0.112. The van der Waals surface area contributed by atoms with Gasteiger partial charge in [-0.1, -0.05) is 48.9 Å². The average molecular weight is 573 g/mol. The number of halogens is 2. The zero-order valence-electron chi connectivity index (χ0n) is 18.2. The number of nitriles is 1. The van der Waals surface area contributed by atoms with Crippen LogP contribution in [0.15, 0.2) is 66.2 Å². The van der Waals surface area contributed by atoms with E-state index in [4.69, 9.17) is 21.1 Å². The van der Waals surface area contributed by atoms with E-state index in [9.17, 15) is 10.1 Å². The van der Waals surface area contributed by atoms with Crippen LogP contribution in [0.4, 0.5) is 5.69 Å². The average Bonchev–Trinajstić information content (AvgIpc) is 2.82. The van der Waals surface area contributed by atoms with Crippen LogP contribution in [-0.2, 0) is 17.8 Å². The molecule has 0 radical (unpaired) electrons. The van der Waals surface area contributed by atoms with Crippen molar-refractivity contribution in [3.05, 3.63) is 91.5 Å². The van der Waals surface area contributed by atoms with E-state index in [1.807, 2.05) is 67.6 Å². The maximum absolute atomic E-state index is 12.7. The second-order valence-electron chi connectivity index (χ2n) is 7.08. The van der Waals surface area contributed by atoms with Crippen molar-refractivity contribution in [2.24, 2.45) is 0 Å². The molecule has 0 aliphatic rings. The molecule has 3 aromatic rings. The van der Waals surface area contributed by atoms with Crippen molar-refractivity contribution in [3.63, 3.8) is 0 Å². The summed E-state index contributed by atoms with van der Waals surface area (Å²) < 4.78 is 12.3. The Bertz CT molecular complexity index is 1220. The second kappa shape index (κ2) is 11.7. The molecular weight excluding hydrogens is 551 g/mol. The quantitative estimate of drug-likeness (QED) is 0.187. The van der Waals surface area contributed by atoms with Crippen LogP contribution >= 0.6 is 34.2 Å². The van der Waals surface area contributed by atoms with Gasteiger partial charge in [0.2, 0.25) is 0 Å². The van der Waals surface area contributed by atoms with E-state index in [0.717, 1.165) is 21.1 Å². The Morgan fingerprint density at radius 3 is 2.58 bits per heavy atom. The lowest BCUT2D eigenvalue weighted by atomic mass is 10.1. The number of methoxy groups -OCH3 is 1. The normalized spacial score (nSPS) is 10.9. The van der Waals surface area contributed by atoms with E-state index >= 15 is 0 Å². The first-order valence-electron chi connectivity index (χ1n) is 10.2. The van der Waals surface area contributed by atoms with Crippen LogP contribution in [0.5, 0.6) is 11.5 Å². The first-order chi connectivity index (χ1) is 15.9. The van der Waals surface area contributed by atoms with Gasteiger partial charge < -0.3 is 14.8 Å². The van der Waals surface area contributed by atoms with Gasteiger partial charge in [0.05, 0.1) is 10.7 Å². The first kappa shape index (κ1) is 24.6. The third-order valence-corrected chi connectivity index (χ3v) is 5.92. The summed E-state index contributed by atoms with van der Waals surface area (Å²) in [6.45, 7) is 2.36. The highest BCUT2D eigenvalue weighted by Crippen LogP contribution is 2.35. The van der Waals surface area contributed by atoms with Gasteiger partial charge in [-0.2, -0.15) is 5.26 Å². The number of carbonyl (C=O) groups is 1. The number of benzene rings is 3. The molecule has 1 N–H and O–H groups in total. The van der Waals surface area contributed by atoms with Crippen LogP contribution in [0.2, 0.25) is 5.02 Å². The standard InChI is InChI=1S/C26H22ClIN2O3/c1-3-19-6-4-5-7-23(19)30-26(31)20(15-29)12-18-13-22(28)25(24(14-18)32-2)33-16-17-8-10-21(27)11-9-17/h4-14H,3,16H2,1-2H3,(H,30,31)/b20-12+. The number of carbonyl (C=O) groups excluding carboxylic acids is 1. The fourth-order valence-electron chi connectivity index (χ4n) is 3.15. The summed E-state index contributed by atoms with van der Waals surface area (Å²) in [4.78, 5) is 12.7. The Balaban J connectivity index is 1.82. The molecule has 7 heteroatoms. The fraction of sp³-hybridized carbons (Fsp3) is 0.154. The van der Waals surface area contributed by atoms with Crippen molar-refractivity contribution in [1.82, 2.24) is 0 Å². The molecule has 0 saturated heterocycles. The molecular formula is C26H22ClIN2O3. The van der Waals surface area contributed by atoms with Gasteiger partial charge in [0.25, 0.3) is 5.91 Å². The monoisotopic (exact) mass is 572 g/mol. The summed E-state index contributed by atoms with van der Waals surface area (Å²) in [5.41, 5.74) is 3.32. The number of nitrogens with zero attached hydrogens (tertiary/aromatic N) is 1. The first-order valence-corrected chi connectivity index (χ1v) is 11.7. The van der Waals surface area contributed by atoms with E-state index in [-0.39, 0.29) is 5.57 Å². The predicted octanol–water partition coefficient (Wildman–Crippen LogP) is 6.64. The van der Waals surface area contributed by atoms with E-state index < -0.39 is 5.91 Å². The van der Waals surface area contributed by atoms with Crippen molar-refractivity contribution in [2.45, 2.75) is 20.0 Å². The summed E-state index contributed by atoms with van der Waals surface area (Å²) in [6, 6.07) is 20.5. The lowest BCUT2D eigenvalue weighted by Gasteiger charge is -2.14. The Morgan fingerprint density at radius 1 is 1.18 bits per heavy atom. The zero-order chi connectivity index (χ0) is 23.8. The van der Waals surface area contributed by atoms with Gasteiger partial charge in [-0.25, -0.2) is 0 Å². The fourth-order valence-corrected chi connectivity index (χ4v) is 4.06. The molecule has 3 rings (SSSR count). The lowest BCUT2D eigenvalue weighted by Crippen LogP contribution is -2.14. The molecule has 33 heavy (non-hydrogen) atoms. The van der Waals surface area contributed by atoms with Gasteiger partial charge in [0.1, 0.15) is 18.2 Å². The number of para-hydroxylation sites is 1. The highest BCUT2D eigenvalue weighted by atomic mass is 127. The van der Waals surface area contributed by atoms with E-state index in [1.54, 1.807) is 13.2 Å². The summed E-state index contributed by atoms with van der Waals surface area (Å²) >= 11 is 8.08. The number of hydrogen-bond donors (Lipinski definition) is 1. The molecule has 0 unspecified atom stereocenters. The number of aryl methyl sites for hydroxylation is 1. The minimum absolute atomic E-state index is 0.00593. The molecule has 0 fully saturated rings. The maximum atomic E-state index is 12.7. The van der Waals surface area contributed by atoms with Gasteiger partial charge in [-0.3, -0.25) is 4.79 Å². The Kier molecular flexibility index (Phi) is 8.75. The number of anilines is 1. The van der Waals surface area contributed by atoms with Gasteiger partial charge in [0.15, 0.2) is 11.5 Å². The summed E-state index contributed by atoms with van der Waals surface area (Å²) in [5, 5.41) is 13.1. The zero-order valence-corrected chi connectivity index (χ0v) is 21.1. The van der Waals surface area contributed by atoms with Crippen LogP contribution in [-0.4, -0.2) is 13.0 Å². The molecule has 0 spiro atoms. The summed E-state index contributed by atoms with van der Waals surface area (Å²) in [7, 11) is 1.55. The van der Waals surface area contributed by atoms with Gasteiger partial charge in [-0.15, -0.1) is 0 Å². The molecule has 0 atom stereocenters. The van der Waals surface area contributed by atoms with Crippen LogP contribution in [0.25, 0.3) is 6.08 Å². The molecule has 0 aliphatic heterocycles. The topological polar surface area (TPSA) is 71.4 Å². The third-order valence-electron chi connectivity index (χ3n) is 4.87. The molecule has 1 amide bonds. The maximum Gasteiger partial charge on any atom is 0.266 e. The predicted molar refractivity (Wildman–Crippen MR) is 140 cm³/mol. The number of rotatable bonds is 8. The van der Waals surface area contributed by atoms with Gasteiger partial charge in [-0.05, 0) is 82.1 Å². The number of ether oxygens (including phenoxy) is 2. The number of amides is 1. The van der Waals surface area contributed by atoms with Crippen LogP contribution in [0.3, 0.4) is 0 Å². The SMILES string of the molecule is CCc1ccccc1NC(=O)/C(C#N)=C/c1cc(I)c(OCc2ccc(Cl)cc2)c(OC)c1. The smallest absolute Gasteiger partial charge is 0.266 e. The van der Waals surface area contributed by atoms with Crippen molar-refractivity contribution < 1.29 is 14.3 Å². The van der Waals surface area contributed by atoms with Crippen molar-refractivity contribution in [2.75, 3.05) is 12.4 Å². The van der Waals surface area contributed by atoms with Gasteiger partial charge in [0, 0.05) is 10.7 Å². The van der Waals surface area contributed by atoms with Crippen LogP contribution < -0.4 is 14.8 Å². The minimum atomic E-state index is -0.463. The van der Waals surface area contributed by atoms with Crippen molar-refractivity contribution in [3.8, 4) is 17.6 Å².